The van der Waals surface area contributed by atoms with E-state index in [1.807, 2.05) is 0 Å². The minimum atomic E-state index is -0.698. The zero-order valence-corrected chi connectivity index (χ0v) is 21.5. The molecule has 1 spiro atoms. The molecule has 3 atom stereocenters. The highest BCUT2D eigenvalue weighted by Crippen LogP contribution is 2.55. The summed E-state index contributed by atoms with van der Waals surface area (Å²) in [6.07, 6.45) is 4.80. The van der Waals surface area contributed by atoms with E-state index in [9.17, 15) is 19.2 Å². The van der Waals surface area contributed by atoms with E-state index in [-0.39, 0.29) is 42.8 Å². The third-order valence-electron chi connectivity index (χ3n) is 7.91. The Morgan fingerprint density at radius 3 is 2.31 bits per heavy atom. The largest absolute Gasteiger partial charge is 0.446 e. The number of ether oxygens (including phenoxy) is 2. The van der Waals surface area contributed by atoms with E-state index < -0.39 is 35.2 Å². The number of amides is 4. The van der Waals surface area contributed by atoms with Crippen LogP contribution in [-0.4, -0.2) is 83.1 Å². The number of likely N-dealkylation sites (tertiary alicyclic amines) is 2. The van der Waals surface area contributed by atoms with Crippen LogP contribution in [0.15, 0.2) is 35.3 Å². The summed E-state index contributed by atoms with van der Waals surface area (Å²) in [5.41, 5.74) is 5.10. The van der Waals surface area contributed by atoms with Gasteiger partial charge in [-0.1, -0.05) is 25.3 Å². The molecule has 5 aliphatic rings. The number of allylic oxidation sites excluding steroid dienone is 2. The molecule has 9 nitrogen and oxygen atoms in total. The first-order valence-corrected chi connectivity index (χ1v) is 12.5. The highest BCUT2D eigenvalue weighted by Gasteiger charge is 2.63. The molecule has 192 valence electrons. The summed E-state index contributed by atoms with van der Waals surface area (Å²) in [5.74, 6) is -0.951. The summed E-state index contributed by atoms with van der Waals surface area (Å²) in [6, 6.07) is -0.575. The van der Waals surface area contributed by atoms with Gasteiger partial charge >= 0.3 is 12.2 Å². The number of carbonyl (C=O) groups is 4. The van der Waals surface area contributed by atoms with Crippen molar-refractivity contribution in [3.05, 3.63) is 35.3 Å². The second kappa shape index (κ2) is 8.12. The first-order valence-electron chi connectivity index (χ1n) is 12.5. The van der Waals surface area contributed by atoms with E-state index in [1.54, 1.807) is 48.8 Å². The van der Waals surface area contributed by atoms with Gasteiger partial charge in [-0.15, -0.1) is 0 Å². The summed E-state index contributed by atoms with van der Waals surface area (Å²) in [7, 11) is 0. The summed E-state index contributed by atoms with van der Waals surface area (Å²) in [5, 5.41) is 0. The molecule has 0 aromatic carbocycles. The molecule has 9 heteroatoms. The van der Waals surface area contributed by atoms with E-state index in [1.165, 1.54) is 4.90 Å². The number of rotatable bonds is 3. The lowest BCUT2D eigenvalue weighted by Gasteiger charge is -2.51. The molecule has 3 heterocycles. The van der Waals surface area contributed by atoms with Crippen LogP contribution in [0.2, 0.25) is 0 Å². The molecule has 0 radical (unpaired) electrons. The summed E-state index contributed by atoms with van der Waals surface area (Å²) in [4.78, 5) is 57.1. The second-order valence-electron chi connectivity index (χ2n) is 12.3. The fourth-order valence-corrected chi connectivity index (χ4v) is 5.72. The first-order chi connectivity index (χ1) is 16.8. The standard InChI is InChI=1S/C27H33N3O6/c1-25(2,3)36-23(33)28-12-19(27(14-28)15-29(16-27)21(31)18-11-26(18,4)5)22(32)30-20(13-35-24(30)34)17-9-7-6-8-10-17/h7,9-10,18-20H,11-16H2,1-5H3/t18-,19+,20+/m1/s1. The molecule has 3 aliphatic heterocycles. The molecule has 0 aromatic heterocycles. The molecule has 0 N–H and O–H groups in total. The lowest BCUT2D eigenvalue weighted by molar-refractivity contribution is -0.154. The average molecular weight is 496 g/mol. The van der Waals surface area contributed by atoms with Gasteiger partial charge in [-0.05, 0) is 56.4 Å². The number of cyclic esters (lactones) is 1. The number of hydrogen-bond donors (Lipinski definition) is 0. The topological polar surface area (TPSA) is 96.5 Å². The fraction of sp³-hybridized carbons (Fsp3) is 0.630. The molecular weight excluding hydrogens is 462 g/mol. The van der Waals surface area contributed by atoms with Crippen molar-refractivity contribution < 1.29 is 28.7 Å². The Labute approximate surface area is 211 Å². The maximum absolute atomic E-state index is 14.0. The lowest BCUT2D eigenvalue weighted by atomic mass is 9.70. The van der Waals surface area contributed by atoms with Crippen LogP contribution in [0.3, 0.4) is 0 Å². The highest BCUT2D eigenvalue weighted by molar-refractivity contribution is 5.97. The maximum atomic E-state index is 14.0. The van der Waals surface area contributed by atoms with E-state index in [4.69, 9.17) is 9.47 Å². The van der Waals surface area contributed by atoms with Crippen molar-refractivity contribution in [2.45, 2.75) is 52.7 Å². The van der Waals surface area contributed by atoms with Gasteiger partial charge < -0.3 is 19.3 Å². The number of hydrogen-bond acceptors (Lipinski definition) is 6. The van der Waals surface area contributed by atoms with Gasteiger partial charge in [-0.2, -0.15) is 0 Å². The number of imide groups is 1. The minimum absolute atomic E-state index is 0.00330. The van der Waals surface area contributed by atoms with Crippen molar-refractivity contribution >= 4 is 24.0 Å². The Morgan fingerprint density at radius 2 is 1.72 bits per heavy atom. The smallest absolute Gasteiger partial charge is 0.417 e. The lowest BCUT2D eigenvalue weighted by Crippen LogP contribution is -2.65. The van der Waals surface area contributed by atoms with Gasteiger partial charge in [0.05, 0.1) is 5.92 Å². The predicted octanol–water partition coefficient (Wildman–Crippen LogP) is 2.88. The predicted molar refractivity (Wildman–Crippen MR) is 128 cm³/mol. The first kappa shape index (κ1) is 24.4. The summed E-state index contributed by atoms with van der Waals surface area (Å²) >= 11 is 0. The molecule has 2 aliphatic carbocycles. The zero-order chi connectivity index (χ0) is 26.0. The molecular formula is C27H33N3O6. The molecule has 5 rings (SSSR count). The maximum Gasteiger partial charge on any atom is 0.417 e. The Bertz CT molecular complexity index is 1160. The van der Waals surface area contributed by atoms with E-state index in [2.05, 4.69) is 25.3 Å². The van der Waals surface area contributed by atoms with Gasteiger partial charge in [-0.3, -0.25) is 9.59 Å². The van der Waals surface area contributed by atoms with Gasteiger partial charge in [0.1, 0.15) is 18.2 Å². The molecule has 0 aromatic rings. The average Bonchev–Trinajstić information content (AvgIpc) is 3.11. The molecule has 4 fully saturated rings. The minimum Gasteiger partial charge on any atom is -0.446 e. The SMILES string of the molecule is CC(C)(C)OC(=O)N1C[C@@H](C(=O)N2C(=O)OC[C@H]2C2=CC=C=C=C2)C2(C1)CN(C(=O)[C@H]1CC1(C)C)C2. The molecule has 1 saturated carbocycles. The zero-order valence-electron chi connectivity index (χ0n) is 21.5. The third kappa shape index (κ3) is 4.16. The number of carbonyl (C=O) groups excluding carboxylic acids is 4. The molecule has 3 saturated heterocycles. The Morgan fingerprint density at radius 1 is 1.06 bits per heavy atom. The van der Waals surface area contributed by atoms with Crippen molar-refractivity contribution in [3.63, 3.8) is 0 Å². The van der Waals surface area contributed by atoms with Gasteiger partial charge in [0, 0.05) is 37.5 Å². The van der Waals surface area contributed by atoms with Crippen LogP contribution in [0.1, 0.15) is 41.0 Å². The third-order valence-corrected chi connectivity index (χ3v) is 7.91. The van der Waals surface area contributed by atoms with Crippen LogP contribution in [0.25, 0.3) is 0 Å². The van der Waals surface area contributed by atoms with Gasteiger partial charge in [-0.25, -0.2) is 14.5 Å². The van der Waals surface area contributed by atoms with Crippen molar-refractivity contribution in [1.82, 2.24) is 14.7 Å². The van der Waals surface area contributed by atoms with Crippen LogP contribution < -0.4 is 0 Å². The van der Waals surface area contributed by atoms with Crippen molar-refractivity contribution in [2.75, 3.05) is 32.8 Å². The van der Waals surface area contributed by atoms with Crippen molar-refractivity contribution in [1.29, 1.82) is 0 Å². The van der Waals surface area contributed by atoms with Crippen molar-refractivity contribution in [3.8, 4) is 0 Å². The molecule has 0 unspecified atom stereocenters. The monoisotopic (exact) mass is 495 g/mol. The quantitative estimate of drug-likeness (QED) is 0.559. The van der Waals surface area contributed by atoms with Crippen LogP contribution in [-0.2, 0) is 19.1 Å². The number of nitrogens with zero attached hydrogens (tertiary/aromatic N) is 3. The molecule has 0 bridgehead atoms. The second-order valence-corrected chi connectivity index (χ2v) is 12.3. The Balaban J connectivity index is 1.39. The van der Waals surface area contributed by atoms with E-state index in [0.717, 1.165) is 12.0 Å². The highest BCUT2D eigenvalue weighted by atomic mass is 16.6. The Kier molecular flexibility index (Phi) is 5.51. The van der Waals surface area contributed by atoms with Crippen LogP contribution in [0, 0.1) is 22.7 Å². The Hall–Kier alpha value is -3.28. The van der Waals surface area contributed by atoms with Crippen molar-refractivity contribution in [2.24, 2.45) is 22.7 Å². The molecule has 36 heavy (non-hydrogen) atoms. The van der Waals surface area contributed by atoms with E-state index >= 15 is 0 Å². The van der Waals surface area contributed by atoms with E-state index in [0.29, 0.717) is 13.1 Å². The van der Waals surface area contributed by atoms with Gasteiger partial charge in [0.25, 0.3) is 0 Å². The van der Waals surface area contributed by atoms with Gasteiger partial charge in [0.2, 0.25) is 11.8 Å². The van der Waals surface area contributed by atoms with Gasteiger partial charge in [0.15, 0.2) is 0 Å². The summed E-state index contributed by atoms with van der Waals surface area (Å²) in [6.45, 7) is 10.7. The summed E-state index contributed by atoms with van der Waals surface area (Å²) < 4.78 is 10.8. The normalized spacial score (nSPS) is 29.2. The van der Waals surface area contributed by atoms with Crippen LogP contribution in [0.5, 0.6) is 0 Å². The van der Waals surface area contributed by atoms with Crippen LogP contribution in [0.4, 0.5) is 9.59 Å². The van der Waals surface area contributed by atoms with Crippen LogP contribution >= 0.6 is 0 Å². The fourth-order valence-electron chi connectivity index (χ4n) is 5.72. The molecule has 4 amide bonds.